The molecule has 1 saturated heterocycles. The van der Waals surface area contributed by atoms with Crippen molar-refractivity contribution in [2.75, 3.05) is 38.7 Å². The van der Waals surface area contributed by atoms with E-state index in [1.165, 1.54) is 0 Å². The highest BCUT2D eigenvalue weighted by molar-refractivity contribution is 5.41. The van der Waals surface area contributed by atoms with Crippen molar-refractivity contribution in [3.63, 3.8) is 0 Å². The third kappa shape index (κ3) is 2.47. The van der Waals surface area contributed by atoms with Gasteiger partial charge in [-0.3, -0.25) is 0 Å². The molecule has 0 spiro atoms. The molecule has 0 aliphatic carbocycles. The molecule has 3 heteroatoms. The van der Waals surface area contributed by atoms with Crippen LogP contribution in [0.15, 0.2) is 24.3 Å². The molecule has 0 unspecified atom stereocenters. The Labute approximate surface area is 85.3 Å². The number of nitrogens with zero attached hydrogens (tertiary/aromatic N) is 2. The second-order valence-electron chi connectivity index (χ2n) is 3.69. The van der Waals surface area contributed by atoms with Crippen molar-refractivity contribution in [1.82, 2.24) is 9.91 Å². The number of hydrogen-bond acceptors (Lipinski definition) is 3. The minimum atomic E-state index is 1.08. The summed E-state index contributed by atoms with van der Waals surface area (Å²) in [5.41, 5.74) is 4.53. The highest BCUT2D eigenvalue weighted by Crippen LogP contribution is 2.07. The average Bonchev–Trinajstić information content (AvgIpc) is 2.23. The summed E-state index contributed by atoms with van der Waals surface area (Å²) in [4.78, 5) is 2.34. The van der Waals surface area contributed by atoms with E-state index in [4.69, 9.17) is 0 Å². The van der Waals surface area contributed by atoms with Crippen molar-refractivity contribution in [3.8, 4) is 0 Å². The van der Waals surface area contributed by atoms with Gasteiger partial charge >= 0.3 is 0 Å². The fourth-order valence-electron chi connectivity index (χ4n) is 1.56. The van der Waals surface area contributed by atoms with Gasteiger partial charge in [-0.1, -0.05) is 12.1 Å². The number of hydrazine groups is 1. The van der Waals surface area contributed by atoms with Crippen molar-refractivity contribution < 1.29 is 0 Å². The highest BCUT2D eigenvalue weighted by Gasteiger charge is 2.12. The van der Waals surface area contributed by atoms with Crippen LogP contribution >= 0.6 is 0 Å². The molecule has 0 atom stereocenters. The van der Waals surface area contributed by atoms with E-state index in [9.17, 15) is 0 Å². The lowest BCUT2D eigenvalue weighted by Crippen LogP contribution is -2.46. The zero-order valence-corrected chi connectivity index (χ0v) is 8.53. The first-order chi connectivity index (χ1) is 6.84. The van der Waals surface area contributed by atoms with Crippen LogP contribution in [0.3, 0.4) is 0 Å². The first-order valence-electron chi connectivity index (χ1n) is 5.01. The molecular formula is C11H16N3. The predicted octanol–water partition coefficient (Wildman–Crippen LogP) is 1.06. The minimum Gasteiger partial charge on any atom is -0.319 e. The molecule has 1 aliphatic rings. The first-order valence-corrected chi connectivity index (χ1v) is 5.01. The third-order valence-electron chi connectivity index (χ3n) is 2.51. The van der Waals surface area contributed by atoms with E-state index in [-0.39, 0.29) is 0 Å². The van der Waals surface area contributed by atoms with Crippen molar-refractivity contribution in [2.45, 2.75) is 0 Å². The summed E-state index contributed by atoms with van der Waals surface area (Å²) in [6, 6.07) is 10.9. The average molecular weight is 190 g/mol. The van der Waals surface area contributed by atoms with Crippen molar-refractivity contribution in [3.05, 3.63) is 30.3 Å². The Hall–Kier alpha value is -1.06. The van der Waals surface area contributed by atoms with Crippen LogP contribution in [0.5, 0.6) is 0 Å². The maximum atomic E-state index is 3.39. The van der Waals surface area contributed by atoms with Gasteiger partial charge in [0.25, 0.3) is 0 Å². The van der Waals surface area contributed by atoms with Crippen molar-refractivity contribution in [1.29, 1.82) is 0 Å². The molecule has 1 aliphatic heterocycles. The van der Waals surface area contributed by atoms with Crippen molar-refractivity contribution in [2.24, 2.45) is 0 Å². The molecule has 1 N–H and O–H groups in total. The number of benzene rings is 1. The van der Waals surface area contributed by atoms with E-state index < -0.39 is 0 Å². The van der Waals surface area contributed by atoms with E-state index in [0.717, 1.165) is 31.9 Å². The smallest absolute Gasteiger partial charge is 0.0490 e. The normalized spacial score (nSPS) is 19.5. The Bertz CT molecular complexity index is 265. The molecule has 1 fully saturated rings. The van der Waals surface area contributed by atoms with Crippen LogP contribution in [0.25, 0.3) is 0 Å². The Morgan fingerprint density at radius 3 is 2.43 bits per heavy atom. The molecule has 0 saturated carbocycles. The number of hydrogen-bond donors (Lipinski definition) is 1. The van der Waals surface area contributed by atoms with Crippen LogP contribution in [0, 0.1) is 6.07 Å². The Balaban J connectivity index is 1.87. The molecule has 75 valence electrons. The van der Waals surface area contributed by atoms with Crippen molar-refractivity contribution >= 4 is 5.69 Å². The largest absolute Gasteiger partial charge is 0.319 e. The summed E-state index contributed by atoms with van der Waals surface area (Å²) in [5, 5.41) is 2.26. The van der Waals surface area contributed by atoms with Crippen LogP contribution in [0.4, 0.5) is 5.69 Å². The number of nitrogens with one attached hydrogen (secondary N) is 1. The number of likely N-dealkylation sites (N-methyl/N-ethyl adjacent to an activating group) is 1. The van der Waals surface area contributed by atoms with Gasteiger partial charge in [0.1, 0.15) is 0 Å². The second-order valence-corrected chi connectivity index (χ2v) is 3.69. The Morgan fingerprint density at radius 2 is 1.79 bits per heavy atom. The lowest BCUT2D eigenvalue weighted by Gasteiger charge is -2.33. The quantitative estimate of drug-likeness (QED) is 0.752. The maximum absolute atomic E-state index is 3.39. The molecule has 0 aromatic heterocycles. The molecule has 0 amide bonds. The zero-order valence-electron chi connectivity index (χ0n) is 8.53. The molecular weight excluding hydrogens is 174 g/mol. The molecule has 1 aromatic rings. The number of anilines is 1. The van der Waals surface area contributed by atoms with E-state index in [1.54, 1.807) is 0 Å². The SMILES string of the molecule is CN1CCN(Nc2cc[c]cc2)CC1. The van der Waals surface area contributed by atoms with Crippen LogP contribution in [-0.4, -0.2) is 43.1 Å². The van der Waals surface area contributed by atoms with Crippen LogP contribution < -0.4 is 5.43 Å². The topological polar surface area (TPSA) is 18.5 Å². The zero-order chi connectivity index (χ0) is 9.80. The van der Waals surface area contributed by atoms with Gasteiger partial charge in [0.2, 0.25) is 0 Å². The van der Waals surface area contributed by atoms with Crippen LogP contribution in [0.2, 0.25) is 0 Å². The van der Waals surface area contributed by atoms with Gasteiger partial charge < -0.3 is 10.3 Å². The van der Waals surface area contributed by atoms with Gasteiger partial charge in [0.15, 0.2) is 0 Å². The summed E-state index contributed by atoms with van der Waals surface area (Å²) in [6.45, 7) is 4.42. The van der Waals surface area contributed by atoms with Gasteiger partial charge in [0.05, 0.1) is 0 Å². The van der Waals surface area contributed by atoms with E-state index in [0.29, 0.717) is 0 Å². The van der Waals surface area contributed by atoms with Crippen LogP contribution in [-0.2, 0) is 0 Å². The highest BCUT2D eigenvalue weighted by atomic mass is 15.5. The standard InChI is InChI=1S/C11H16N3/c1-13-7-9-14(10-8-13)12-11-5-3-2-4-6-11/h3-6,12H,7-10H2,1H3. The summed E-state index contributed by atoms with van der Waals surface area (Å²) >= 11 is 0. The summed E-state index contributed by atoms with van der Waals surface area (Å²) in [7, 11) is 2.16. The molecule has 1 heterocycles. The molecule has 3 nitrogen and oxygen atoms in total. The fourth-order valence-corrected chi connectivity index (χ4v) is 1.56. The summed E-state index contributed by atoms with van der Waals surface area (Å²) in [5.74, 6) is 0. The molecule has 2 rings (SSSR count). The van der Waals surface area contributed by atoms with Crippen LogP contribution in [0.1, 0.15) is 0 Å². The molecule has 1 aromatic carbocycles. The van der Waals surface area contributed by atoms with E-state index >= 15 is 0 Å². The first kappa shape index (κ1) is 9.49. The maximum Gasteiger partial charge on any atom is 0.0490 e. The van der Waals surface area contributed by atoms with Gasteiger partial charge in [-0.15, -0.1) is 0 Å². The second kappa shape index (κ2) is 4.44. The Kier molecular flexibility index (Phi) is 3.01. The minimum absolute atomic E-state index is 1.08. The van der Waals surface area contributed by atoms with Gasteiger partial charge in [-0.25, -0.2) is 5.01 Å². The Morgan fingerprint density at radius 1 is 1.14 bits per heavy atom. The van der Waals surface area contributed by atoms with Gasteiger partial charge in [-0.2, -0.15) is 0 Å². The monoisotopic (exact) mass is 190 g/mol. The lowest BCUT2D eigenvalue weighted by molar-refractivity contribution is 0.179. The van der Waals surface area contributed by atoms with E-state index in [2.05, 4.69) is 28.4 Å². The summed E-state index contributed by atoms with van der Waals surface area (Å²) < 4.78 is 0. The number of piperazine rings is 1. The fraction of sp³-hybridized carbons (Fsp3) is 0.455. The molecule has 14 heavy (non-hydrogen) atoms. The summed E-state index contributed by atoms with van der Waals surface area (Å²) in [6.07, 6.45) is 0. The van der Waals surface area contributed by atoms with Gasteiger partial charge in [-0.05, 0) is 25.2 Å². The van der Waals surface area contributed by atoms with Gasteiger partial charge in [0, 0.05) is 31.9 Å². The predicted molar refractivity (Wildman–Crippen MR) is 58.0 cm³/mol. The lowest BCUT2D eigenvalue weighted by atomic mass is 10.3. The number of rotatable bonds is 2. The third-order valence-corrected chi connectivity index (χ3v) is 2.51. The molecule has 1 radical (unpaired) electrons. The molecule has 0 bridgehead atoms. The van der Waals surface area contributed by atoms with E-state index in [1.807, 2.05) is 24.3 Å².